The largest absolute Gasteiger partial charge is 1.00 e. The first-order valence-electron chi connectivity index (χ1n) is 14.9. The minimum atomic E-state index is -5.09. The number of rotatable bonds is 13. The van der Waals surface area contributed by atoms with Crippen molar-refractivity contribution in [3.05, 3.63) is 78.4 Å². The Morgan fingerprint density at radius 1 is 0.763 bits per heavy atom. The quantitative estimate of drug-likeness (QED) is 0.0160. The van der Waals surface area contributed by atoms with E-state index in [2.05, 4.69) is 45.2 Å². The Hall–Kier alpha value is -4.14. The van der Waals surface area contributed by atoms with Gasteiger partial charge in [-0.2, -0.15) is 31.8 Å². The first kappa shape index (κ1) is 47.5. The summed E-state index contributed by atoms with van der Waals surface area (Å²) in [5, 5.41) is 58.9. The number of hydrogen-bond donors (Lipinski definition) is 7. The van der Waals surface area contributed by atoms with Crippen molar-refractivity contribution in [2.45, 2.75) is 19.6 Å². The number of carbonyl (C=O) groups is 1. The number of aromatic carboxylic acids is 1. The molecule has 6 aromatic rings. The van der Waals surface area contributed by atoms with Crippen LogP contribution in [0.1, 0.15) is 10.4 Å². The number of phenols is 1. The third kappa shape index (κ3) is 10.8. The Balaban J connectivity index is 0.00000384. The topological polar surface area (TPSA) is 373 Å². The Bertz CT molecular complexity index is 3020. The molecule has 59 heavy (non-hydrogen) atoms. The van der Waals surface area contributed by atoms with Crippen LogP contribution in [0, 0.1) is 0 Å². The number of carboxylic acid groups (broad SMARTS) is 1. The molecule has 23 nitrogen and oxygen atoms in total. The molecule has 0 aliphatic heterocycles. The summed E-state index contributed by atoms with van der Waals surface area (Å²) in [5.41, 5.74) is -2.64. The van der Waals surface area contributed by atoms with E-state index in [1.54, 1.807) is 12.1 Å². The molecule has 296 valence electrons. The van der Waals surface area contributed by atoms with Gasteiger partial charge in [0.15, 0.2) is 5.75 Å². The van der Waals surface area contributed by atoms with E-state index in [1.165, 1.54) is 24.3 Å². The van der Waals surface area contributed by atoms with Gasteiger partial charge in [-0.1, -0.05) is 35.4 Å². The number of aromatic hydroxyl groups is 2. The van der Waals surface area contributed by atoms with Crippen LogP contribution in [-0.2, 0) is 39.7 Å². The fourth-order valence-electron chi connectivity index (χ4n) is 5.28. The fraction of sp³-hybridized carbons (Fsp3) is 0. The second-order valence-corrected chi connectivity index (χ2v) is 16.0. The van der Waals surface area contributed by atoms with Crippen molar-refractivity contribution in [2.24, 2.45) is 10.2 Å². The molecule has 0 atom stereocenters. The summed E-state index contributed by atoms with van der Waals surface area (Å²) in [6.45, 7) is 0. The van der Waals surface area contributed by atoms with Crippen molar-refractivity contribution in [3.63, 3.8) is 0 Å². The van der Waals surface area contributed by atoms with Crippen molar-refractivity contribution in [2.75, 3.05) is 10.6 Å². The molecule has 29 heteroatoms. The molecule has 6 rings (SSSR count). The third-order valence-corrected chi connectivity index (χ3v) is 10.8. The first-order chi connectivity index (χ1) is 26.7. The predicted octanol–water partition coefficient (Wildman–Crippen LogP) is -2.31. The number of phenolic OH excluding ortho intramolecular Hbond substituents is 1. The van der Waals surface area contributed by atoms with E-state index >= 15 is 0 Å². The van der Waals surface area contributed by atoms with E-state index in [-0.39, 0.29) is 92.2 Å². The first-order valence-corrected chi connectivity index (χ1v) is 19.9. The average Bonchev–Trinajstić information content (AvgIpc) is 3.11. The van der Waals surface area contributed by atoms with Crippen molar-refractivity contribution < 1.29 is 133 Å². The van der Waals surface area contributed by atoms with Gasteiger partial charge in [0.2, 0.25) is 11.9 Å². The van der Waals surface area contributed by atoms with Gasteiger partial charge >= 0.3 is 65.1 Å². The molecule has 7 N–H and O–H groups in total. The van der Waals surface area contributed by atoms with Crippen LogP contribution < -0.4 is 74.9 Å². The van der Waals surface area contributed by atoms with E-state index in [4.69, 9.17) is 5.26 Å². The zero-order valence-corrected chi connectivity index (χ0v) is 36.8. The second kappa shape index (κ2) is 18.6. The molecular weight excluding hydrogens is 889 g/mol. The minimum Gasteiger partial charge on any atom is -0.744 e. The monoisotopic (exact) mass is 907 g/mol. The molecule has 5 aromatic carbocycles. The van der Waals surface area contributed by atoms with Gasteiger partial charge in [-0.05, 0) is 53.2 Å². The zero-order valence-electron chi connectivity index (χ0n) is 29.5. The molecule has 0 amide bonds. The maximum absolute atomic E-state index is 12.5. The Labute approximate surface area is 379 Å². The fourth-order valence-corrected chi connectivity index (χ4v) is 7.65. The second-order valence-electron chi connectivity index (χ2n) is 11.1. The van der Waals surface area contributed by atoms with Crippen molar-refractivity contribution in [3.8, 4) is 11.8 Å². The maximum atomic E-state index is 12.5. The Morgan fingerprint density at radius 2 is 1.42 bits per heavy atom. The Kier molecular flexibility index (Phi) is 15.0. The minimum absolute atomic E-state index is 0. The van der Waals surface area contributed by atoms with Gasteiger partial charge in [-0.3, -0.25) is 9.11 Å². The number of benzene rings is 5. The Morgan fingerprint density at radius 3 is 2.03 bits per heavy atom. The molecule has 0 spiro atoms. The smallest absolute Gasteiger partial charge is 0.744 e. The number of aromatic nitrogens is 3. The zero-order chi connectivity index (χ0) is 41.4. The van der Waals surface area contributed by atoms with Crippen LogP contribution in [0.4, 0.5) is 34.6 Å². The standard InChI is InChI=1S/C30H21N7O16S4.2Na/c38-25-23-14(10-22(54-53-52-42)24(25)37-36-20-7-5-13-3-1-2-4-17(13)26(20)57(49,50)51)9-16(56(46,47)48)12-21(23)32-29-33-28(34-30(41)35-29)31-19-8-6-15(55(43,44)45)11-18(19)27(39)40;;/h1-12,38,42H,(H,39,40)(H,43,44,45)(H,46,47,48)(H,49,50,51)(H3,31,32,33,34,35,41);;/q;2*+1/p-2. The van der Waals surface area contributed by atoms with Crippen LogP contribution in [0.2, 0.25) is 0 Å². The number of anilines is 4. The molecule has 1 aromatic heterocycles. The molecule has 0 fully saturated rings. The van der Waals surface area contributed by atoms with Crippen molar-refractivity contribution in [1.29, 1.82) is 0 Å². The summed E-state index contributed by atoms with van der Waals surface area (Å²) in [6.07, 6.45) is 0. The van der Waals surface area contributed by atoms with E-state index in [0.29, 0.717) is 11.5 Å². The molecule has 0 saturated carbocycles. The molecule has 0 unspecified atom stereocenters. The van der Waals surface area contributed by atoms with Gasteiger partial charge in [0.05, 0.1) is 44.1 Å². The van der Waals surface area contributed by atoms with E-state index in [9.17, 15) is 59.0 Å². The summed E-state index contributed by atoms with van der Waals surface area (Å²) in [6, 6.07) is 12.6. The van der Waals surface area contributed by atoms with Crippen LogP contribution in [0.3, 0.4) is 0 Å². The number of fused-ring (bicyclic) bond motifs is 2. The summed E-state index contributed by atoms with van der Waals surface area (Å²) < 4.78 is 108. The van der Waals surface area contributed by atoms with E-state index in [1.807, 2.05) is 0 Å². The molecule has 0 radical (unpaired) electrons. The van der Waals surface area contributed by atoms with Crippen LogP contribution in [-0.4, -0.2) is 75.3 Å². The third-order valence-electron chi connectivity index (χ3n) is 7.57. The van der Waals surface area contributed by atoms with E-state index < -0.39 is 103 Å². The van der Waals surface area contributed by atoms with Crippen molar-refractivity contribution >= 4 is 105 Å². The molecule has 0 saturated heterocycles. The number of hydrogen-bond acceptors (Lipinski definition) is 22. The van der Waals surface area contributed by atoms with Crippen LogP contribution >= 0.6 is 12.0 Å². The van der Waals surface area contributed by atoms with E-state index in [0.717, 1.165) is 30.3 Å². The van der Waals surface area contributed by atoms with Gasteiger partial charge in [-0.25, -0.2) is 13.7 Å². The molecule has 0 aliphatic carbocycles. The summed E-state index contributed by atoms with van der Waals surface area (Å²) >= 11 is 0.200. The summed E-state index contributed by atoms with van der Waals surface area (Å²) in [5.74, 6) is -4.05. The number of nitrogens with zero attached hydrogens (tertiary/aromatic N) is 5. The number of azo groups is 1. The molecule has 1 heterocycles. The molecular formula is C30H19N7Na2O16S4. The van der Waals surface area contributed by atoms with Gasteiger partial charge in [0, 0.05) is 16.3 Å². The molecule has 0 bridgehead atoms. The molecule has 0 aliphatic rings. The van der Waals surface area contributed by atoms with Crippen molar-refractivity contribution in [1.82, 2.24) is 15.0 Å². The van der Waals surface area contributed by atoms with Crippen LogP contribution in [0.5, 0.6) is 11.8 Å². The predicted molar refractivity (Wildman–Crippen MR) is 191 cm³/mol. The summed E-state index contributed by atoms with van der Waals surface area (Å²) in [4.78, 5) is 20.3. The average molecular weight is 908 g/mol. The van der Waals surface area contributed by atoms with Gasteiger partial charge in [-0.15, -0.1) is 14.6 Å². The maximum Gasteiger partial charge on any atom is 1.00 e. The summed E-state index contributed by atoms with van der Waals surface area (Å²) in [7, 11) is -15.0. The van der Waals surface area contributed by atoms with Gasteiger partial charge < -0.3 is 35.3 Å². The van der Waals surface area contributed by atoms with Gasteiger partial charge in [0.25, 0.3) is 20.2 Å². The van der Waals surface area contributed by atoms with Gasteiger partial charge in [0.1, 0.15) is 26.4 Å². The number of carboxylic acids is 1. The van der Waals surface area contributed by atoms with Crippen LogP contribution in [0.15, 0.2) is 103 Å². The number of carbonyl (C=O) groups excluding carboxylic acids is 1. The normalized spacial score (nSPS) is 11.9. The SMILES string of the molecule is O=C([O-])c1cc(S(=O)(=O)[O-])ccc1Nc1nc(O)nc(Nc2cc(S(=O)(=O)O)cc3cc(SOOO)c(N=Nc4ccc5ccccc5c4S(=O)(=O)O)c(O)c23)n1.[Na+].[Na+]. The van der Waals surface area contributed by atoms with Crippen LogP contribution in [0.25, 0.3) is 21.5 Å². The number of nitrogens with one attached hydrogen (secondary N) is 2.